The molecule has 112 valence electrons. The highest BCUT2D eigenvalue weighted by Crippen LogP contribution is 2.31. The van der Waals surface area contributed by atoms with Gasteiger partial charge in [0, 0.05) is 34.5 Å². The molecule has 0 aliphatic rings. The Morgan fingerprint density at radius 1 is 1.14 bits per heavy atom. The van der Waals surface area contributed by atoms with E-state index >= 15 is 0 Å². The predicted octanol–water partition coefficient (Wildman–Crippen LogP) is 4.64. The number of rotatable bonds is 7. The Labute approximate surface area is 139 Å². The molecule has 2 nitrogen and oxygen atoms in total. The topological polar surface area (TPSA) is 21.3 Å². The van der Waals surface area contributed by atoms with Crippen LogP contribution in [0.25, 0.3) is 0 Å². The second kappa shape index (κ2) is 8.59. The first-order chi connectivity index (χ1) is 10.2. The van der Waals surface area contributed by atoms with Crippen LogP contribution in [-0.2, 0) is 11.3 Å². The van der Waals surface area contributed by atoms with E-state index in [9.17, 15) is 0 Å². The van der Waals surface area contributed by atoms with Crippen molar-refractivity contribution in [3.63, 3.8) is 0 Å². The first-order valence-corrected chi connectivity index (χ1v) is 8.52. The molecule has 0 spiro atoms. The highest BCUT2D eigenvalue weighted by Gasteiger charge is 2.03. The molecule has 0 unspecified atom stereocenters. The molecule has 2 aromatic carbocycles. The van der Waals surface area contributed by atoms with Crippen LogP contribution < -0.4 is 5.32 Å². The molecule has 0 heterocycles. The van der Waals surface area contributed by atoms with Crippen molar-refractivity contribution in [2.24, 2.45) is 0 Å². The number of nitrogens with one attached hydrogen (secondary N) is 1. The highest BCUT2D eigenvalue weighted by atomic mass is 79.9. The highest BCUT2D eigenvalue weighted by molar-refractivity contribution is 9.10. The number of hydrogen-bond acceptors (Lipinski definition) is 3. The molecule has 2 rings (SSSR count). The Kier molecular flexibility index (Phi) is 6.77. The Hall–Kier alpha value is -0.810. The van der Waals surface area contributed by atoms with Crippen molar-refractivity contribution >= 4 is 27.7 Å². The minimum absolute atomic E-state index is 0.747. The summed E-state index contributed by atoms with van der Waals surface area (Å²) in [6, 6.07) is 15.1. The van der Waals surface area contributed by atoms with Gasteiger partial charge < -0.3 is 10.1 Å². The third-order valence-electron chi connectivity index (χ3n) is 3.09. The number of hydrogen-bond donors (Lipinski definition) is 1. The molecule has 0 aliphatic heterocycles. The number of benzene rings is 2. The molecule has 0 atom stereocenters. The third kappa shape index (κ3) is 5.47. The summed E-state index contributed by atoms with van der Waals surface area (Å²) < 4.78 is 6.14. The number of aryl methyl sites for hydroxylation is 1. The molecular formula is C17H20BrNOS. The molecule has 0 fully saturated rings. The summed E-state index contributed by atoms with van der Waals surface area (Å²) in [6.07, 6.45) is 0. The van der Waals surface area contributed by atoms with E-state index in [1.807, 2.05) is 0 Å². The second-order valence-corrected chi connectivity index (χ2v) is 6.86. The van der Waals surface area contributed by atoms with Crippen LogP contribution in [0.4, 0.5) is 0 Å². The maximum atomic E-state index is 5.03. The van der Waals surface area contributed by atoms with Crippen LogP contribution in [0, 0.1) is 6.92 Å². The van der Waals surface area contributed by atoms with E-state index in [4.69, 9.17) is 4.74 Å². The van der Waals surface area contributed by atoms with Crippen LogP contribution in [0.5, 0.6) is 0 Å². The van der Waals surface area contributed by atoms with Gasteiger partial charge in [-0.2, -0.15) is 0 Å². The molecule has 0 aromatic heterocycles. The fourth-order valence-corrected chi connectivity index (χ4v) is 3.12. The van der Waals surface area contributed by atoms with Gasteiger partial charge in [-0.15, -0.1) is 0 Å². The molecular weight excluding hydrogens is 346 g/mol. The SMILES string of the molecule is COCCNCc1ccc(Sc2ccc(Br)cc2)c(C)c1. The lowest BCUT2D eigenvalue weighted by Crippen LogP contribution is -2.18. The third-order valence-corrected chi connectivity index (χ3v) is 4.81. The Morgan fingerprint density at radius 3 is 2.57 bits per heavy atom. The molecule has 0 amide bonds. The summed E-state index contributed by atoms with van der Waals surface area (Å²) in [5.74, 6) is 0. The zero-order valence-electron chi connectivity index (χ0n) is 12.4. The average Bonchev–Trinajstić information content (AvgIpc) is 2.48. The summed E-state index contributed by atoms with van der Waals surface area (Å²) in [6.45, 7) is 4.68. The molecule has 0 saturated carbocycles. The van der Waals surface area contributed by atoms with E-state index in [1.165, 1.54) is 20.9 Å². The van der Waals surface area contributed by atoms with Crippen molar-refractivity contribution in [1.29, 1.82) is 0 Å². The number of ether oxygens (including phenoxy) is 1. The Balaban J connectivity index is 1.97. The quantitative estimate of drug-likeness (QED) is 0.721. The average molecular weight is 366 g/mol. The maximum absolute atomic E-state index is 5.03. The van der Waals surface area contributed by atoms with Gasteiger partial charge in [0.1, 0.15) is 0 Å². The van der Waals surface area contributed by atoms with E-state index in [2.05, 4.69) is 70.6 Å². The first-order valence-electron chi connectivity index (χ1n) is 6.91. The van der Waals surface area contributed by atoms with Gasteiger partial charge in [0.25, 0.3) is 0 Å². The van der Waals surface area contributed by atoms with Crippen LogP contribution in [-0.4, -0.2) is 20.3 Å². The zero-order valence-corrected chi connectivity index (χ0v) is 14.8. The van der Waals surface area contributed by atoms with Crippen molar-refractivity contribution in [1.82, 2.24) is 5.32 Å². The van der Waals surface area contributed by atoms with Crippen LogP contribution >= 0.6 is 27.7 Å². The summed E-state index contributed by atoms with van der Waals surface area (Å²) in [5.41, 5.74) is 2.62. The monoisotopic (exact) mass is 365 g/mol. The van der Waals surface area contributed by atoms with Gasteiger partial charge in [-0.25, -0.2) is 0 Å². The largest absolute Gasteiger partial charge is 0.383 e. The lowest BCUT2D eigenvalue weighted by molar-refractivity contribution is 0.199. The summed E-state index contributed by atoms with van der Waals surface area (Å²) in [5, 5.41) is 3.37. The lowest BCUT2D eigenvalue weighted by Gasteiger charge is -2.09. The minimum Gasteiger partial charge on any atom is -0.383 e. The molecule has 4 heteroatoms. The fraction of sp³-hybridized carbons (Fsp3) is 0.294. The molecule has 0 bridgehead atoms. The van der Waals surface area contributed by atoms with Crippen LogP contribution in [0.15, 0.2) is 56.7 Å². The number of halogens is 1. The predicted molar refractivity (Wildman–Crippen MR) is 93.0 cm³/mol. The van der Waals surface area contributed by atoms with E-state index in [0.717, 1.165) is 24.2 Å². The Bertz CT molecular complexity index is 572. The molecule has 1 N–H and O–H groups in total. The van der Waals surface area contributed by atoms with E-state index in [0.29, 0.717) is 0 Å². The summed E-state index contributed by atoms with van der Waals surface area (Å²) in [7, 11) is 1.72. The smallest absolute Gasteiger partial charge is 0.0587 e. The molecule has 0 radical (unpaired) electrons. The van der Waals surface area contributed by atoms with Crippen LogP contribution in [0.2, 0.25) is 0 Å². The van der Waals surface area contributed by atoms with Gasteiger partial charge in [0.05, 0.1) is 6.61 Å². The van der Waals surface area contributed by atoms with Gasteiger partial charge in [-0.3, -0.25) is 0 Å². The van der Waals surface area contributed by atoms with Crippen molar-refractivity contribution in [2.45, 2.75) is 23.3 Å². The fourth-order valence-electron chi connectivity index (χ4n) is 1.97. The van der Waals surface area contributed by atoms with Gasteiger partial charge in [-0.1, -0.05) is 39.8 Å². The summed E-state index contributed by atoms with van der Waals surface area (Å²) in [4.78, 5) is 2.56. The summed E-state index contributed by atoms with van der Waals surface area (Å²) >= 11 is 5.27. The van der Waals surface area contributed by atoms with Crippen molar-refractivity contribution in [3.05, 3.63) is 58.1 Å². The minimum atomic E-state index is 0.747. The lowest BCUT2D eigenvalue weighted by atomic mass is 10.1. The normalized spacial score (nSPS) is 10.8. The Morgan fingerprint density at radius 2 is 1.90 bits per heavy atom. The van der Waals surface area contributed by atoms with Crippen LogP contribution in [0.3, 0.4) is 0 Å². The molecule has 21 heavy (non-hydrogen) atoms. The molecule has 0 aliphatic carbocycles. The van der Waals surface area contributed by atoms with Gasteiger partial charge in [-0.05, 0) is 48.4 Å². The van der Waals surface area contributed by atoms with Gasteiger partial charge in [0.2, 0.25) is 0 Å². The molecule has 0 saturated heterocycles. The maximum Gasteiger partial charge on any atom is 0.0587 e. The van der Waals surface area contributed by atoms with Crippen molar-refractivity contribution in [2.75, 3.05) is 20.3 Å². The first kappa shape index (κ1) is 16.6. The second-order valence-electron chi connectivity index (χ2n) is 4.83. The van der Waals surface area contributed by atoms with E-state index in [-0.39, 0.29) is 0 Å². The van der Waals surface area contributed by atoms with Crippen molar-refractivity contribution in [3.8, 4) is 0 Å². The van der Waals surface area contributed by atoms with Gasteiger partial charge in [0.15, 0.2) is 0 Å². The van der Waals surface area contributed by atoms with E-state index in [1.54, 1.807) is 18.9 Å². The van der Waals surface area contributed by atoms with Crippen molar-refractivity contribution < 1.29 is 4.74 Å². The standard InChI is InChI=1S/C17H20BrNOS/c1-13-11-14(12-19-9-10-20-2)3-8-17(13)21-16-6-4-15(18)5-7-16/h3-8,11,19H,9-10,12H2,1-2H3. The molecule has 2 aromatic rings. The van der Waals surface area contributed by atoms with Gasteiger partial charge >= 0.3 is 0 Å². The number of methoxy groups -OCH3 is 1. The van der Waals surface area contributed by atoms with Crippen LogP contribution in [0.1, 0.15) is 11.1 Å². The zero-order chi connectivity index (χ0) is 15.1. The van der Waals surface area contributed by atoms with E-state index < -0.39 is 0 Å².